The SMILES string of the molecule is [CH2]CN(C(=O)c1ccc(C(=O)NCc2ccc(Cl)cc2)c(=O)[nH]1)C(C)CO. The lowest BCUT2D eigenvalue weighted by Crippen LogP contribution is -2.41. The van der Waals surface area contributed by atoms with Crippen LogP contribution in [0.3, 0.4) is 0 Å². The minimum absolute atomic E-state index is 0.0261. The lowest BCUT2D eigenvalue weighted by molar-refractivity contribution is 0.0640. The van der Waals surface area contributed by atoms with E-state index < -0.39 is 23.4 Å². The van der Waals surface area contributed by atoms with Crippen LogP contribution < -0.4 is 10.9 Å². The van der Waals surface area contributed by atoms with Gasteiger partial charge in [-0.3, -0.25) is 14.4 Å². The summed E-state index contributed by atoms with van der Waals surface area (Å²) in [4.78, 5) is 40.6. The van der Waals surface area contributed by atoms with E-state index in [9.17, 15) is 19.5 Å². The molecule has 143 valence electrons. The Labute approximate surface area is 162 Å². The highest BCUT2D eigenvalue weighted by Gasteiger charge is 2.21. The summed E-state index contributed by atoms with van der Waals surface area (Å²) in [6, 6.07) is 9.17. The number of pyridine rings is 1. The first-order valence-electron chi connectivity index (χ1n) is 8.34. The van der Waals surface area contributed by atoms with E-state index in [4.69, 9.17) is 11.6 Å². The van der Waals surface area contributed by atoms with Crippen molar-refractivity contribution >= 4 is 23.4 Å². The number of aliphatic hydroxyl groups is 1. The topological polar surface area (TPSA) is 103 Å². The summed E-state index contributed by atoms with van der Waals surface area (Å²) in [6.07, 6.45) is 0. The minimum Gasteiger partial charge on any atom is -0.394 e. The zero-order chi connectivity index (χ0) is 20.0. The van der Waals surface area contributed by atoms with Crippen LogP contribution in [0.1, 0.15) is 33.3 Å². The van der Waals surface area contributed by atoms with Crippen molar-refractivity contribution in [2.75, 3.05) is 13.2 Å². The molecule has 1 atom stereocenters. The van der Waals surface area contributed by atoms with Crippen molar-refractivity contribution in [3.8, 4) is 0 Å². The van der Waals surface area contributed by atoms with Crippen molar-refractivity contribution in [1.29, 1.82) is 0 Å². The van der Waals surface area contributed by atoms with Crippen LogP contribution >= 0.6 is 11.6 Å². The molecule has 7 nitrogen and oxygen atoms in total. The molecule has 0 bridgehead atoms. The minimum atomic E-state index is -0.671. The van der Waals surface area contributed by atoms with Crippen LogP contribution in [-0.4, -0.2) is 46.0 Å². The number of hydrogen-bond acceptors (Lipinski definition) is 4. The number of H-pyrrole nitrogens is 1. The van der Waals surface area contributed by atoms with E-state index in [2.05, 4.69) is 17.2 Å². The summed E-state index contributed by atoms with van der Waals surface area (Å²) in [6.45, 7) is 5.47. The van der Waals surface area contributed by atoms with Crippen molar-refractivity contribution in [2.45, 2.75) is 19.5 Å². The fourth-order valence-corrected chi connectivity index (χ4v) is 2.56. The van der Waals surface area contributed by atoms with Gasteiger partial charge in [-0.15, -0.1) is 0 Å². The number of amides is 2. The van der Waals surface area contributed by atoms with Crippen LogP contribution in [0.25, 0.3) is 0 Å². The number of nitrogens with one attached hydrogen (secondary N) is 2. The van der Waals surface area contributed by atoms with Crippen LogP contribution in [0.15, 0.2) is 41.2 Å². The second kappa shape index (κ2) is 9.34. The van der Waals surface area contributed by atoms with Crippen LogP contribution in [0.5, 0.6) is 0 Å². The molecule has 0 saturated carbocycles. The highest BCUT2D eigenvalue weighted by Crippen LogP contribution is 2.09. The molecule has 2 amide bonds. The molecule has 1 unspecified atom stereocenters. The van der Waals surface area contributed by atoms with Crippen molar-refractivity contribution in [1.82, 2.24) is 15.2 Å². The Balaban J connectivity index is 2.11. The van der Waals surface area contributed by atoms with Crippen LogP contribution in [0.4, 0.5) is 0 Å². The van der Waals surface area contributed by atoms with Gasteiger partial charge in [0.25, 0.3) is 17.4 Å². The van der Waals surface area contributed by atoms with Crippen LogP contribution in [-0.2, 0) is 6.54 Å². The van der Waals surface area contributed by atoms with Crippen LogP contribution in [0, 0.1) is 6.92 Å². The van der Waals surface area contributed by atoms with Gasteiger partial charge in [0.15, 0.2) is 0 Å². The third-order valence-electron chi connectivity index (χ3n) is 4.05. The Morgan fingerprint density at radius 1 is 1.26 bits per heavy atom. The molecule has 1 aromatic heterocycles. The Kier molecular flexibility index (Phi) is 7.15. The fourth-order valence-electron chi connectivity index (χ4n) is 2.43. The maximum absolute atomic E-state index is 12.4. The van der Waals surface area contributed by atoms with Gasteiger partial charge in [0.2, 0.25) is 0 Å². The zero-order valence-corrected chi connectivity index (χ0v) is 15.6. The molecule has 1 radical (unpaired) electrons. The van der Waals surface area contributed by atoms with Gasteiger partial charge in [0, 0.05) is 18.1 Å². The van der Waals surface area contributed by atoms with E-state index in [0.29, 0.717) is 5.02 Å². The molecule has 2 rings (SSSR count). The summed E-state index contributed by atoms with van der Waals surface area (Å²) in [5.74, 6) is -1.03. The van der Waals surface area contributed by atoms with Crippen molar-refractivity contribution < 1.29 is 14.7 Å². The monoisotopic (exact) mass is 390 g/mol. The van der Waals surface area contributed by atoms with Crippen LogP contribution in [0.2, 0.25) is 5.02 Å². The first-order chi connectivity index (χ1) is 12.9. The van der Waals surface area contributed by atoms with Crippen molar-refractivity contribution in [2.24, 2.45) is 0 Å². The Morgan fingerprint density at radius 2 is 1.93 bits per heavy atom. The first-order valence-corrected chi connectivity index (χ1v) is 8.72. The highest BCUT2D eigenvalue weighted by molar-refractivity contribution is 6.30. The number of aliphatic hydroxyl groups excluding tert-OH is 1. The van der Waals surface area contributed by atoms with E-state index in [1.807, 2.05) is 0 Å². The molecule has 27 heavy (non-hydrogen) atoms. The Bertz CT molecular complexity index is 864. The lowest BCUT2D eigenvalue weighted by atomic mass is 10.2. The van der Waals surface area contributed by atoms with Gasteiger partial charge in [-0.05, 0) is 43.7 Å². The lowest BCUT2D eigenvalue weighted by Gasteiger charge is -2.26. The molecule has 0 fully saturated rings. The normalized spacial score (nSPS) is 11.7. The smallest absolute Gasteiger partial charge is 0.270 e. The molecule has 8 heteroatoms. The zero-order valence-electron chi connectivity index (χ0n) is 14.9. The third-order valence-corrected chi connectivity index (χ3v) is 4.30. The maximum atomic E-state index is 12.4. The largest absolute Gasteiger partial charge is 0.394 e. The second-order valence-corrected chi connectivity index (χ2v) is 6.39. The highest BCUT2D eigenvalue weighted by atomic mass is 35.5. The molecular weight excluding hydrogens is 370 g/mol. The van der Waals surface area contributed by atoms with E-state index in [1.54, 1.807) is 31.2 Å². The quantitative estimate of drug-likeness (QED) is 0.668. The van der Waals surface area contributed by atoms with E-state index in [-0.39, 0.29) is 31.0 Å². The Hall–Kier alpha value is -2.64. The molecule has 3 N–H and O–H groups in total. The number of hydrogen-bond donors (Lipinski definition) is 3. The summed E-state index contributed by atoms with van der Waals surface area (Å²) >= 11 is 5.81. The van der Waals surface area contributed by atoms with Gasteiger partial charge in [-0.2, -0.15) is 0 Å². The molecule has 0 saturated heterocycles. The molecular formula is C19H21ClN3O4. The van der Waals surface area contributed by atoms with Gasteiger partial charge < -0.3 is 20.3 Å². The molecule has 0 spiro atoms. The number of benzene rings is 1. The predicted molar refractivity (Wildman–Crippen MR) is 103 cm³/mol. The summed E-state index contributed by atoms with van der Waals surface area (Å²) in [5.41, 5.74) is 0.0882. The number of carbonyl (C=O) groups is 2. The van der Waals surface area contributed by atoms with E-state index >= 15 is 0 Å². The fraction of sp³-hybridized carbons (Fsp3) is 0.263. The molecule has 1 heterocycles. The molecule has 0 aliphatic carbocycles. The number of rotatable bonds is 7. The summed E-state index contributed by atoms with van der Waals surface area (Å²) in [7, 11) is 0. The predicted octanol–water partition coefficient (Wildman–Crippen LogP) is 1.62. The number of aromatic nitrogens is 1. The maximum Gasteiger partial charge on any atom is 0.270 e. The second-order valence-electron chi connectivity index (χ2n) is 5.95. The standard InChI is InChI=1S/C19H21ClN3O4/c1-3-23(12(2)11-24)19(27)16-9-8-15(18(26)22-16)17(25)21-10-13-4-6-14(20)7-5-13/h4-9,12,24H,1,3,10-11H2,2H3,(H,21,25)(H,22,26). The summed E-state index contributed by atoms with van der Waals surface area (Å²) < 4.78 is 0. The molecule has 0 aliphatic heterocycles. The molecule has 0 aliphatic rings. The average Bonchev–Trinajstić information content (AvgIpc) is 2.67. The van der Waals surface area contributed by atoms with Gasteiger partial charge in [-0.25, -0.2) is 0 Å². The number of halogens is 1. The summed E-state index contributed by atoms with van der Waals surface area (Å²) in [5, 5.41) is 12.5. The van der Waals surface area contributed by atoms with Crippen molar-refractivity contribution in [3.63, 3.8) is 0 Å². The van der Waals surface area contributed by atoms with Gasteiger partial charge >= 0.3 is 0 Å². The number of nitrogens with zero attached hydrogens (tertiary/aromatic N) is 1. The molecule has 2 aromatic rings. The average molecular weight is 391 g/mol. The van der Waals surface area contributed by atoms with E-state index in [1.165, 1.54) is 17.0 Å². The van der Waals surface area contributed by atoms with Gasteiger partial charge in [0.1, 0.15) is 11.3 Å². The van der Waals surface area contributed by atoms with Crippen molar-refractivity contribution in [3.05, 3.63) is 75.5 Å². The number of aromatic amines is 1. The molecule has 1 aromatic carbocycles. The number of carbonyl (C=O) groups excluding carboxylic acids is 2. The third kappa shape index (κ3) is 5.18. The van der Waals surface area contributed by atoms with Gasteiger partial charge in [0.05, 0.1) is 12.6 Å². The van der Waals surface area contributed by atoms with Gasteiger partial charge in [-0.1, -0.05) is 23.7 Å². The first kappa shape index (κ1) is 20.7. The Morgan fingerprint density at radius 3 is 2.48 bits per heavy atom. The van der Waals surface area contributed by atoms with E-state index in [0.717, 1.165) is 5.56 Å².